The molecule has 0 aromatic heterocycles. The second-order valence-corrected chi connectivity index (χ2v) is 6.42. The van der Waals surface area contributed by atoms with Crippen LogP contribution in [0.4, 0.5) is 0 Å². The van der Waals surface area contributed by atoms with Crippen molar-refractivity contribution >= 4 is 10.0 Å². The highest BCUT2D eigenvalue weighted by Gasteiger charge is 2.28. The minimum absolute atomic E-state index is 0.229. The van der Waals surface area contributed by atoms with Crippen LogP contribution in [0.1, 0.15) is 27.2 Å². The van der Waals surface area contributed by atoms with Crippen LogP contribution in [0.3, 0.4) is 0 Å². The van der Waals surface area contributed by atoms with Gasteiger partial charge < -0.3 is 0 Å². The molecule has 0 aliphatic carbocycles. The van der Waals surface area contributed by atoms with Gasteiger partial charge in [0.1, 0.15) is 0 Å². The highest BCUT2D eigenvalue weighted by atomic mass is 32.2. The molecule has 2 atom stereocenters. The van der Waals surface area contributed by atoms with Gasteiger partial charge in [0.05, 0.1) is 5.75 Å². The molecular formula is C9H19NO2S. The summed E-state index contributed by atoms with van der Waals surface area (Å²) in [5.74, 6) is 1.24. The summed E-state index contributed by atoms with van der Waals surface area (Å²) in [6, 6.07) is 0. The summed E-state index contributed by atoms with van der Waals surface area (Å²) in [5.41, 5.74) is 0. The lowest BCUT2D eigenvalue weighted by molar-refractivity contribution is 0.223. The molecule has 0 spiro atoms. The molecule has 3 nitrogen and oxygen atoms in total. The second-order valence-electron chi connectivity index (χ2n) is 4.16. The van der Waals surface area contributed by atoms with E-state index in [9.17, 15) is 8.42 Å². The Morgan fingerprint density at radius 2 is 1.69 bits per heavy atom. The van der Waals surface area contributed by atoms with Gasteiger partial charge in [0.25, 0.3) is 0 Å². The minimum Gasteiger partial charge on any atom is -0.212 e. The van der Waals surface area contributed by atoms with E-state index in [0.29, 0.717) is 24.9 Å². The van der Waals surface area contributed by atoms with Gasteiger partial charge in [-0.1, -0.05) is 13.8 Å². The largest absolute Gasteiger partial charge is 0.213 e. The van der Waals surface area contributed by atoms with E-state index in [0.717, 1.165) is 6.42 Å². The standard InChI is InChI=1S/C9H19NO2S/c1-4-13(11,12)10-6-8(2)5-9(3)7-10/h8-9H,4-7H2,1-3H3/t8-,9+. The Hall–Kier alpha value is -0.0900. The predicted octanol–water partition coefficient (Wildman–Crippen LogP) is 1.31. The molecule has 0 bridgehead atoms. The van der Waals surface area contributed by atoms with Crippen LogP contribution >= 0.6 is 0 Å². The van der Waals surface area contributed by atoms with E-state index in [1.807, 2.05) is 0 Å². The maximum atomic E-state index is 11.6. The number of piperidine rings is 1. The summed E-state index contributed by atoms with van der Waals surface area (Å²) < 4.78 is 24.8. The Morgan fingerprint density at radius 1 is 1.23 bits per heavy atom. The fourth-order valence-electron chi connectivity index (χ4n) is 2.02. The fraction of sp³-hybridized carbons (Fsp3) is 1.00. The van der Waals surface area contributed by atoms with E-state index in [4.69, 9.17) is 0 Å². The van der Waals surface area contributed by atoms with Crippen LogP contribution in [-0.4, -0.2) is 31.6 Å². The maximum Gasteiger partial charge on any atom is 0.213 e. The summed E-state index contributed by atoms with van der Waals surface area (Å²) in [4.78, 5) is 0. The molecule has 1 fully saturated rings. The summed E-state index contributed by atoms with van der Waals surface area (Å²) in [6.45, 7) is 7.36. The van der Waals surface area contributed by atoms with Crippen molar-refractivity contribution in [2.24, 2.45) is 11.8 Å². The molecule has 0 radical (unpaired) electrons. The molecule has 1 saturated heterocycles. The van der Waals surface area contributed by atoms with Crippen molar-refractivity contribution in [2.45, 2.75) is 27.2 Å². The van der Waals surface area contributed by atoms with Crippen LogP contribution in [0, 0.1) is 11.8 Å². The Balaban J connectivity index is 2.71. The predicted molar refractivity (Wildman–Crippen MR) is 54.0 cm³/mol. The molecular weight excluding hydrogens is 186 g/mol. The van der Waals surface area contributed by atoms with Gasteiger partial charge in [-0.15, -0.1) is 0 Å². The van der Waals surface area contributed by atoms with E-state index in [2.05, 4.69) is 13.8 Å². The fourth-order valence-corrected chi connectivity index (χ4v) is 3.34. The Labute approximate surface area is 81.2 Å². The van der Waals surface area contributed by atoms with E-state index in [1.165, 1.54) is 0 Å². The van der Waals surface area contributed by atoms with Crippen molar-refractivity contribution in [3.8, 4) is 0 Å². The van der Waals surface area contributed by atoms with Crippen molar-refractivity contribution in [3.63, 3.8) is 0 Å². The highest BCUT2D eigenvalue weighted by molar-refractivity contribution is 7.89. The average molecular weight is 205 g/mol. The lowest BCUT2D eigenvalue weighted by Gasteiger charge is -2.33. The maximum absolute atomic E-state index is 11.6. The summed E-state index contributed by atoms with van der Waals surface area (Å²) in [6.07, 6.45) is 1.15. The first-order valence-corrected chi connectivity index (χ1v) is 6.54. The molecule has 13 heavy (non-hydrogen) atoms. The molecule has 1 heterocycles. The first-order valence-electron chi connectivity index (χ1n) is 4.93. The number of hydrogen-bond acceptors (Lipinski definition) is 2. The van der Waals surface area contributed by atoms with Crippen LogP contribution < -0.4 is 0 Å². The van der Waals surface area contributed by atoms with Gasteiger partial charge in [0.2, 0.25) is 10.0 Å². The quantitative estimate of drug-likeness (QED) is 0.681. The molecule has 1 aliphatic heterocycles. The molecule has 0 aromatic carbocycles. The Kier molecular flexibility index (Phi) is 3.35. The van der Waals surface area contributed by atoms with E-state index < -0.39 is 10.0 Å². The third kappa shape index (κ3) is 2.68. The third-order valence-electron chi connectivity index (χ3n) is 2.59. The van der Waals surface area contributed by atoms with E-state index >= 15 is 0 Å². The molecule has 0 N–H and O–H groups in total. The van der Waals surface area contributed by atoms with Gasteiger partial charge >= 0.3 is 0 Å². The second kappa shape index (κ2) is 3.96. The van der Waals surface area contributed by atoms with Crippen molar-refractivity contribution < 1.29 is 8.42 Å². The molecule has 1 rings (SSSR count). The zero-order chi connectivity index (χ0) is 10.1. The number of hydrogen-bond donors (Lipinski definition) is 0. The third-order valence-corrected chi connectivity index (χ3v) is 4.41. The van der Waals surface area contributed by atoms with Crippen LogP contribution in [0.25, 0.3) is 0 Å². The molecule has 78 valence electrons. The van der Waals surface area contributed by atoms with Crippen molar-refractivity contribution in [3.05, 3.63) is 0 Å². The van der Waals surface area contributed by atoms with Crippen molar-refractivity contribution in [1.82, 2.24) is 4.31 Å². The molecule has 0 aromatic rings. The average Bonchev–Trinajstić information content (AvgIpc) is 2.02. The zero-order valence-electron chi connectivity index (χ0n) is 8.66. The van der Waals surface area contributed by atoms with Gasteiger partial charge in [0, 0.05) is 13.1 Å². The number of rotatable bonds is 2. The topological polar surface area (TPSA) is 37.4 Å². The van der Waals surface area contributed by atoms with E-state index in [1.54, 1.807) is 11.2 Å². The summed E-state index contributed by atoms with van der Waals surface area (Å²) in [7, 11) is -2.95. The molecule has 4 heteroatoms. The van der Waals surface area contributed by atoms with Gasteiger partial charge in [0.15, 0.2) is 0 Å². The van der Waals surface area contributed by atoms with Crippen molar-refractivity contribution in [2.75, 3.05) is 18.8 Å². The smallest absolute Gasteiger partial charge is 0.212 e. The van der Waals surface area contributed by atoms with Crippen LogP contribution in [-0.2, 0) is 10.0 Å². The normalized spacial score (nSPS) is 31.9. The van der Waals surface area contributed by atoms with Crippen LogP contribution in [0.15, 0.2) is 0 Å². The van der Waals surface area contributed by atoms with Gasteiger partial charge in [-0.2, -0.15) is 0 Å². The minimum atomic E-state index is -2.95. The number of nitrogens with zero attached hydrogens (tertiary/aromatic N) is 1. The van der Waals surface area contributed by atoms with Gasteiger partial charge in [-0.05, 0) is 25.2 Å². The highest BCUT2D eigenvalue weighted by Crippen LogP contribution is 2.23. The lowest BCUT2D eigenvalue weighted by Crippen LogP contribution is -2.43. The van der Waals surface area contributed by atoms with E-state index in [-0.39, 0.29) is 5.75 Å². The van der Waals surface area contributed by atoms with Crippen LogP contribution in [0.2, 0.25) is 0 Å². The first-order chi connectivity index (χ1) is 5.95. The zero-order valence-corrected chi connectivity index (χ0v) is 9.47. The Bertz CT molecular complexity index is 251. The van der Waals surface area contributed by atoms with Crippen molar-refractivity contribution in [1.29, 1.82) is 0 Å². The Morgan fingerprint density at radius 3 is 2.08 bits per heavy atom. The van der Waals surface area contributed by atoms with Gasteiger partial charge in [-0.25, -0.2) is 12.7 Å². The first kappa shape index (κ1) is 11.0. The molecule has 0 amide bonds. The van der Waals surface area contributed by atoms with Gasteiger partial charge in [-0.3, -0.25) is 0 Å². The molecule has 0 unspecified atom stereocenters. The monoisotopic (exact) mass is 205 g/mol. The van der Waals surface area contributed by atoms with Crippen LogP contribution in [0.5, 0.6) is 0 Å². The molecule has 0 saturated carbocycles. The SMILES string of the molecule is CCS(=O)(=O)N1C[C@H](C)C[C@H](C)C1. The summed E-state index contributed by atoms with van der Waals surface area (Å²) in [5, 5.41) is 0. The lowest BCUT2D eigenvalue weighted by atomic mass is 9.94. The molecule has 1 aliphatic rings. The number of sulfonamides is 1. The summed E-state index contributed by atoms with van der Waals surface area (Å²) >= 11 is 0.